The Hall–Kier alpha value is -4.07. The van der Waals surface area contributed by atoms with Gasteiger partial charge in [0.15, 0.2) is 11.6 Å². The number of ketones is 2. The van der Waals surface area contributed by atoms with Crippen LogP contribution in [0.2, 0.25) is 0 Å². The SMILES string of the molecule is O=C(Cc1ccc(-n2ncc3cc(CC(=O)c4cccs4)ccc32)cc1)c1ccc(N2CCN3CCCC3C2)cc1. The zero-order valence-electron chi connectivity index (χ0n) is 22.9. The Kier molecular flexibility index (Phi) is 6.98. The maximum absolute atomic E-state index is 13.1. The van der Waals surface area contributed by atoms with Gasteiger partial charge in [-0.2, -0.15) is 5.10 Å². The molecule has 206 valence electrons. The first kappa shape index (κ1) is 25.9. The van der Waals surface area contributed by atoms with E-state index in [0.717, 1.165) is 57.8 Å². The highest BCUT2D eigenvalue weighted by Crippen LogP contribution is 2.26. The van der Waals surface area contributed by atoms with Gasteiger partial charge >= 0.3 is 0 Å². The molecule has 0 radical (unpaired) electrons. The molecule has 0 amide bonds. The lowest BCUT2D eigenvalue weighted by atomic mass is 10.0. The molecule has 4 heterocycles. The zero-order chi connectivity index (χ0) is 27.8. The quantitative estimate of drug-likeness (QED) is 0.211. The Balaban J connectivity index is 0.996. The number of aromatic nitrogens is 2. The number of carbonyl (C=O) groups excluding carboxylic acids is 2. The largest absolute Gasteiger partial charge is 0.369 e. The molecule has 2 aromatic heterocycles. The molecule has 7 rings (SSSR count). The van der Waals surface area contributed by atoms with Crippen molar-refractivity contribution in [1.82, 2.24) is 14.7 Å². The smallest absolute Gasteiger partial charge is 0.177 e. The minimum Gasteiger partial charge on any atom is -0.369 e. The van der Waals surface area contributed by atoms with Crippen molar-refractivity contribution >= 4 is 39.5 Å². The number of carbonyl (C=O) groups is 2. The Bertz CT molecular complexity index is 1690. The first-order chi connectivity index (χ1) is 20.1. The van der Waals surface area contributed by atoms with E-state index in [2.05, 4.69) is 27.0 Å². The number of hydrogen-bond donors (Lipinski definition) is 0. The number of hydrogen-bond acceptors (Lipinski definition) is 6. The lowest BCUT2D eigenvalue weighted by molar-refractivity contribution is 0.0986. The molecule has 3 aromatic carbocycles. The molecule has 2 fully saturated rings. The van der Waals surface area contributed by atoms with Crippen LogP contribution in [-0.2, 0) is 12.8 Å². The summed E-state index contributed by atoms with van der Waals surface area (Å²) in [5.41, 5.74) is 5.84. The molecule has 0 saturated carbocycles. The van der Waals surface area contributed by atoms with Crippen molar-refractivity contribution < 1.29 is 9.59 Å². The summed E-state index contributed by atoms with van der Waals surface area (Å²) in [6, 6.07) is 26.7. The second-order valence-corrected chi connectivity index (χ2v) is 12.1. The maximum atomic E-state index is 13.1. The standard InChI is InChI=1S/C34H32N4O2S/c39-32(26-8-12-28(13-9-26)37-17-16-36-15-1-3-30(36)23-37)20-24-5-10-29(11-6-24)38-31-14-7-25(19-27(31)22-35-38)21-33(40)34-4-2-18-41-34/h2,4-14,18-19,22,30H,1,3,15-17,20-21,23H2. The third kappa shape index (κ3) is 5.35. The van der Waals surface area contributed by atoms with Crippen molar-refractivity contribution in [3.63, 3.8) is 0 Å². The molecule has 2 saturated heterocycles. The highest BCUT2D eigenvalue weighted by atomic mass is 32.1. The van der Waals surface area contributed by atoms with Gasteiger partial charge in [0.25, 0.3) is 0 Å². The predicted molar refractivity (Wildman–Crippen MR) is 165 cm³/mol. The lowest BCUT2D eigenvalue weighted by Gasteiger charge is -2.38. The summed E-state index contributed by atoms with van der Waals surface area (Å²) < 4.78 is 1.90. The summed E-state index contributed by atoms with van der Waals surface area (Å²) in [5.74, 6) is 0.259. The molecule has 0 bridgehead atoms. The van der Waals surface area contributed by atoms with Crippen molar-refractivity contribution in [2.75, 3.05) is 31.1 Å². The number of benzene rings is 3. The molecule has 6 nitrogen and oxygen atoms in total. The third-order valence-electron chi connectivity index (χ3n) is 8.48. The average Bonchev–Trinajstić information content (AvgIpc) is 3.78. The van der Waals surface area contributed by atoms with Gasteiger partial charge in [0.05, 0.1) is 22.3 Å². The summed E-state index contributed by atoms with van der Waals surface area (Å²) in [6.07, 6.45) is 5.18. The van der Waals surface area contributed by atoms with E-state index >= 15 is 0 Å². The molecule has 0 aliphatic carbocycles. The number of thiophene rings is 1. The molecule has 41 heavy (non-hydrogen) atoms. The minimum absolute atomic E-state index is 0.124. The topological polar surface area (TPSA) is 58.4 Å². The zero-order valence-corrected chi connectivity index (χ0v) is 23.7. The summed E-state index contributed by atoms with van der Waals surface area (Å²) >= 11 is 1.48. The summed E-state index contributed by atoms with van der Waals surface area (Å²) in [7, 11) is 0. The van der Waals surface area contributed by atoms with Gasteiger partial charge in [-0.25, -0.2) is 4.68 Å². The molecule has 0 N–H and O–H groups in total. The van der Waals surface area contributed by atoms with E-state index in [1.165, 1.54) is 36.4 Å². The lowest BCUT2D eigenvalue weighted by Crippen LogP contribution is -2.50. The second-order valence-electron chi connectivity index (χ2n) is 11.1. The van der Waals surface area contributed by atoms with E-state index in [1.54, 1.807) is 0 Å². The van der Waals surface area contributed by atoms with Gasteiger partial charge in [-0.3, -0.25) is 14.5 Å². The number of nitrogens with zero attached hydrogens (tertiary/aromatic N) is 4. The fraction of sp³-hybridized carbons (Fsp3) is 0.265. The molecule has 2 aliphatic rings. The van der Waals surface area contributed by atoms with Crippen LogP contribution in [0.3, 0.4) is 0 Å². The van der Waals surface area contributed by atoms with Gasteiger partial charge in [-0.05, 0) is 90.5 Å². The van der Waals surface area contributed by atoms with Crippen LogP contribution < -0.4 is 4.90 Å². The van der Waals surface area contributed by atoms with Crippen molar-refractivity contribution in [3.05, 3.63) is 112 Å². The van der Waals surface area contributed by atoms with Crippen LogP contribution in [0.1, 0.15) is 44.0 Å². The van der Waals surface area contributed by atoms with Crippen molar-refractivity contribution in [2.45, 2.75) is 31.7 Å². The van der Waals surface area contributed by atoms with Gasteiger partial charge in [0, 0.05) is 55.2 Å². The van der Waals surface area contributed by atoms with E-state index in [9.17, 15) is 9.59 Å². The molecular formula is C34H32N4O2S. The molecule has 0 spiro atoms. The normalized spacial score (nSPS) is 17.2. The van der Waals surface area contributed by atoms with Crippen molar-refractivity contribution in [1.29, 1.82) is 0 Å². The minimum atomic E-state index is 0.124. The van der Waals surface area contributed by atoms with Crippen LogP contribution in [0, 0.1) is 0 Å². The van der Waals surface area contributed by atoms with E-state index in [-0.39, 0.29) is 11.6 Å². The number of rotatable bonds is 8. The fourth-order valence-corrected chi connectivity index (χ4v) is 6.90. The molecule has 7 heteroatoms. The van der Waals surface area contributed by atoms with Crippen LogP contribution in [0.15, 0.2) is 90.4 Å². The maximum Gasteiger partial charge on any atom is 0.177 e. The first-order valence-corrected chi connectivity index (χ1v) is 15.2. The number of anilines is 1. The molecule has 5 aromatic rings. The molecular weight excluding hydrogens is 528 g/mol. The van der Waals surface area contributed by atoms with E-state index in [4.69, 9.17) is 0 Å². The Morgan fingerprint density at radius 3 is 2.41 bits per heavy atom. The number of Topliss-reactive ketones (excluding diaryl/α,β-unsaturated/α-hetero) is 2. The molecule has 1 atom stereocenters. The predicted octanol–water partition coefficient (Wildman–Crippen LogP) is 6.22. The summed E-state index contributed by atoms with van der Waals surface area (Å²) in [5, 5.41) is 7.52. The summed E-state index contributed by atoms with van der Waals surface area (Å²) in [4.78, 5) is 31.4. The van der Waals surface area contributed by atoms with Crippen LogP contribution >= 0.6 is 11.3 Å². The molecule has 1 unspecified atom stereocenters. The highest BCUT2D eigenvalue weighted by Gasteiger charge is 2.30. The summed E-state index contributed by atoms with van der Waals surface area (Å²) in [6.45, 7) is 4.51. The average molecular weight is 561 g/mol. The van der Waals surface area contributed by atoms with Crippen LogP contribution in [0.25, 0.3) is 16.6 Å². The second kappa shape index (κ2) is 11.1. The van der Waals surface area contributed by atoms with Gasteiger partial charge < -0.3 is 4.90 Å². The van der Waals surface area contributed by atoms with E-state index < -0.39 is 0 Å². The van der Waals surface area contributed by atoms with Gasteiger partial charge in [-0.1, -0.05) is 24.3 Å². The molecule has 2 aliphatic heterocycles. The van der Waals surface area contributed by atoms with E-state index in [0.29, 0.717) is 18.9 Å². The Labute approximate surface area is 243 Å². The van der Waals surface area contributed by atoms with Gasteiger partial charge in [0.1, 0.15) is 0 Å². The first-order valence-electron chi connectivity index (χ1n) is 14.4. The van der Waals surface area contributed by atoms with E-state index in [1.807, 2.05) is 83.0 Å². The van der Waals surface area contributed by atoms with Gasteiger partial charge in [-0.15, -0.1) is 11.3 Å². The number of fused-ring (bicyclic) bond motifs is 2. The number of piperazine rings is 1. The van der Waals surface area contributed by atoms with Crippen molar-refractivity contribution in [2.24, 2.45) is 0 Å². The van der Waals surface area contributed by atoms with Crippen LogP contribution in [0.5, 0.6) is 0 Å². The Morgan fingerprint density at radius 1 is 0.829 bits per heavy atom. The monoisotopic (exact) mass is 560 g/mol. The van der Waals surface area contributed by atoms with Gasteiger partial charge in [0.2, 0.25) is 0 Å². The van der Waals surface area contributed by atoms with Crippen LogP contribution in [-0.4, -0.2) is 58.5 Å². The third-order valence-corrected chi connectivity index (χ3v) is 9.39. The fourth-order valence-electron chi connectivity index (χ4n) is 6.23. The Morgan fingerprint density at radius 2 is 1.61 bits per heavy atom. The van der Waals surface area contributed by atoms with Crippen molar-refractivity contribution in [3.8, 4) is 5.69 Å². The van der Waals surface area contributed by atoms with Crippen LogP contribution in [0.4, 0.5) is 5.69 Å². The highest BCUT2D eigenvalue weighted by molar-refractivity contribution is 7.12.